The van der Waals surface area contributed by atoms with Gasteiger partial charge in [-0.3, -0.25) is 0 Å². The normalized spacial score (nSPS) is 19.7. The summed E-state index contributed by atoms with van der Waals surface area (Å²) in [5.41, 5.74) is 2.99. The van der Waals surface area contributed by atoms with Gasteiger partial charge in [0.15, 0.2) is 0 Å². The van der Waals surface area contributed by atoms with E-state index in [1.54, 1.807) is 0 Å². The lowest BCUT2D eigenvalue weighted by Gasteiger charge is -2.40. The topological polar surface area (TPSA) is 3.24 Å². The highest BCUT2D eigenvalue weighted by Gasteiger charge is 2.37. The van der Waals surface area contributed by atoms with Gasteiger partial charge >= 0.3 is 0 Å². The van der Waals surface area contributed by atoms with Crippen molar-refractivity contribution < 1.29 is 0 Å². The second-order valence-corrected chi connectivity index (χ2v) is 11.5. The monoisotopic (exact) mass is 337 g/mol. The van der Waals surface area contributed by atoms with Crippen LogP contribution in [0, 0.1) is 0 Å². The van der Waals surface area contributed by atoms with E-state index in [0.717, 1.165) is 0 Å². The van der Waals surface area contributed by atoms with Crippen molar-refractivity contribution in [3.8, 4) is 0 Å². The number of fused-ring (bicyclic) bond motifs is 4. The molecular formula is C20H20NPS. The summed E-state index contributed by atoms with van der Waals surface area (Å²) in [6, 6.07) is 20.0. The first-order valence-electron chi connectivity index (χ1n) is 8.00. The Morgan fingerprint density at radius 1 is 0.870 bits per heavy atom. The van der Waals surface area contributed by atoms with Gasteiger partial charge in [-0.25, -0.2) is 0 Å². The van der Waals surface area contributed by atoms with E-state index in [1.165, 1.54) is 32.8 Å². The Morgan fingerprint density at radius 2 is 1.57 bits per heavy atom. The molecule has 0 saturated heterocycles. The van der Waals surface area contributed by atoms with Gasteiger partial charge < -0.3 is 4.90 Å². The summed E-state index contributed by atoms with van der Waals surface area (Å²) in [4.78, 5) is 2.31. The zero-order chi connectivity index (χ0) is 16.2. The predicted molar refractivity (Wildman–Crippen MR) is 107 cm³/mol. The van der Waals surface area contributed by atoms with Gasteiger partial charge in [-0.15, -0.1) is 0 Å². The number of anilines is 2. The second kappa shape index (κ2) is 5.19. The molecule has 3 aromatic rings. The van der Waals surface area contributed by atoms with Crippen molar-refractivity contribution in [2.24, 2.45) is 0 Å². The Balaban J connectivity index is 2.20. The molecule has 0 aromatic heterocycles. The minimum absolute atomic E-state index is 0.442. The molecule has 116 valence electrons. The standard InChI is InChI=1S/C20H20NPS/c1-14(2)22(23)19-11-7-6-10-17(19)21(3)18-13-12-15-8-4-5-9-16(15)20(18)22/h4-14H,1-3H3. The van der Waals surface area contributed by atoms with Crippen LogP contribution in [0.25, 0.3) is 10.8 Å². The van der Waals surface area contributed by atoms with Crippen LogP contribution < -0.4 is 15.5 Å². The fraction of sp³-hybridized carbons (Fsp3) is 0.200. The summed E-state index contributed by atoms with van der Waals surface area (Å²) in [6.45, 7) is 4.57. The van der Waals surface area contributed by atoms with Crippen LogP contribution >= 0.6 is 6.04 Å². The fourth-order valence-electron chi connectivity index (χ4n) is 3.68. The van der Waals surface area contributed by atoms with Crippen LogP contribution in [0.15, 0.2) is 60.7 Å². The Bertz CT molecular complexity index is 961. The molecule has 1 nitrogen and oxygen atoms in total. The highest BCUT2D eigenvalue weighted by Crippen LogP contribution is 2.57. The van der Waals surface area contributed by atoms with Crippen LogP contribution in [0.2, 0.25) is 0 Å². The molecule has 3 aromatic carbocycles. The van der Waals surface area contributed by atoms with Gasteiger partial charge in [0, 0.05) is 29.4 Å². The highest BCUT2D eigenvalue weighted by atomic mass is 32.4. The first-order valence-corrected chi connectivity index (χ1v) is 10.9. The Morgan fingerprint density at radius 3 is 2.35 bits per heavy atom. The summed E-state index contributed by atoms with van der Waals surface area (Å²) >= 11 is 6.45. The van der Waals surface area contributed by atoms with Crippen LogP contribution in [0.1, 0.15) is 13.8 Å². The van der Waals surface area contributed by atoms with Crippen molar-refractivity contribution in [2.75, 3.05) is 11.9 Å². The minimum atomic E-state index is -1.86. The molecule has 1 aliphatic heterocycles. The second-order valence-electron chi connectivity index (χ2n) is 6.45. The van der Waals surface area contributed by atoms with E-state index in [9.17, 15) is 0 Å². The van der Waals surface area contributed by atoms with Crippen LogP contribution in [0.3, 0.4) is 0 Å². The van der Waals surface area contributed by atoms with Crippen molar-refractivity contribution in [1.82, 2.24) is 0 Å². The highest BCUT2D eigenvalue weighted by molar-refractivity contribution is 8.22. The van der Waals surface area contributed by atoms with Crippen LogP contribution in [-0.2, 0) is 11.8 Å². The third-order valence-corrected chi connectivity index (χ3v) is 11.0. The molecule has 3 heteroatoms. The van der Waals surface area contributed by atoms with E-state index in [2.05, 4.69) is 86.5 Å². The van der Waals surface area contributed by atoms with E-state index >= 15 is 0 Å². The molecule has 0 N–H and O–H groups in total. The van der Waals surface area contributed by atoms with E-state index in [-0.39, 0.29) is 0 Å². The lowest BCUT2D eigenvalue weighted by atomic mass is 10.1. The zero-order valence-corrected chi connectivity index (χ0v) is 15.4. The quantitative estimate of drug-likeness (QED) is 0.589. The Kier molecular flexibility index (Phi) is 3.37. The maximum atomic E-state index is 6.45. The largest absolute Gasteiger partial charge is 0.343 e. The summed E-state index contributed by atoms with van der Waals surface area (Å²) in [5.74, 6) is 0. The average Bonchev–Trinajstić information content (AvgIpc) is 2.58. The number of rotatable bonds is 1. The van der Waals surface area contributed by atoms with Crippen molar-refractivity contribution in [3.63, 3.8) is 0 Å². The maximum absolute atomic E-state index is 6.45. The van der Waals surface area contributed by atoms with E-state index < -0.39 is 6.04 Å². The van der Waals surface area contributed by atoms with Gasteiger partial charge in [-0.05, 0) is 28.6 Å². The molecule has 0 bridgehead atoms. The third-order valence-electron chi connectivity index (χ3n) is 4.90. The van der Waals surface area contributed by atoms with Gasteiger partial charge in [0.2, 0.25) is 0 Å². The Hall–Kier alpha value is -1.63. The molecule has 1 aliphatic rings. The van der Waals surface area contributed by atoms with Crippen molar-refractivity contribution >= 4 is 50.6 Å². The average molecular weight is 337 g/mol. The molecule has 4 rings (SSSR count). The van der Waals surface area contributed by atoms with Crippen LogP contribution in [0.4, 0.5) is 11.4 Å². The lowest BCUT2D eigenvalue weighted by Crippen LogP contribution is -2.35. The minimum Gasteiger partial charge on any atom is -0.343 e. The van der Waals surface area contributed by atoms with Crippen LogP contribution in [-0.4, -0.2) is 12.7 Å². The van der Waals surface area contributed by atoms with Crippen molar-refractivity contribution in [2.45, 2.75) is 19.5 Å². The summed E-state index contributed by atoms with van der Waals surface area (Å²) in [5, 5.41) is 5.36. The summed E-state index contributed by atoms with van der Waals surface area (Å²) in [6.07, 6.45) is 0. The predicted octanol–water partition coefficient (Wildman–Crippen LogP) is 4.76. The lowest BCUT2D eigenvalue weighted by molar-refractivity contribution is 1.10. The molecule has 1 unspecified atom stereocenters. The van der Waals surface area contributed by atoms with Crippen molar-refractivity contribution in [1.29, 1.82) is 0 Å². The Labute approximate surface area is 143 Å². The maximum Gasteiger partial charge on any atom is 0.0504 e. The van der Waals surface area contributed by atoms with Gasteiger partial charge in [-0.2, -0.15) is 0 Å². The van der Waals surface area contributed by atoms with Gasteiger partial charge in [0.1, 0.15) is 0 Å². The number of nitrogens with zero attached hydrogens (tertiary/aromatic N) is 1. The molecule has 0 spiro atoms. The van der Waals surface area contributed by atoms with Gasteiger partial charge in [0.05, 0.1) is 5.69 Å². The summed E-state index contributed by atoms with van der Waals surface area (Å²) in [7, 11) is 2.16. The van der Waals surface area contributed by atoms with E-state index in [0.29, 0.717) is 5.66 Å². The number of hydrogen-bond acceptors (Lipinski definition) is 2. The molecule has 1 atom stereocenters. The van der Waals surface area contributed by atoms with Crippen LogP contribution in [0.5, 0.6) is 0 Å². The molecule has 0 radical (unpaired) electrons. The molecular weight excluding hydrogens is 317 g/mol. The molecule has 0 amide bonds. The van der Waals surface area contributed by atoms with Gasteiger partial charge in [-0.1, -0.05) is 74.2 Å². The molecule has 0 saturated carbocycles. The molecule has 0 aliphatic carbocycles. The molecule has 1 heterocycles. The number of benzene rings is 3. The fourth-order valence-corrected chi connectivity index (χ4v) is 8.03. The van der Waals surface area contributed by atoms with E-state index in [1.807, 2.05) is 0 Å². The smallest absolute Gasteiger partial charge is 0.0504 e. The van der Waals surface area contributed by atoms with Gasteiger partial charge in [0.25, 0.3) is 0 Å². The first kappa shape index (κ1) is 14.9. The molecule has 23 heavy (non-hydrogen) atoms. The summed E-state index contributed by atoms with van der Waals surface area (Å²) < 4.78 is 0. The number of para-hydroxylation sites is 1. The zero-order valence-electron chi connectivity index (χ0n) is 13.7. The van der Waals surface area contributed by atoms with E-state index in [4.69, 9.17) is 11.8 Å². The molecule has 0 fully saturated rings. The first-order chi connectivity index (χ1) is 11.0. The third kappa shape index (κ3) is 1.95. The number of hydrogen-bond donors (Lipinski definition) is 0. The van der Waals surface area contributed by atoms with Crippen molar-refractivity contribution in [3.05, 3.63) is 60.7 Å². The SMILES string of the molecule is CC(C)P1(=S)c2ccccc2N(C)c2ccc3ccccc3c21.